The Bertz CT molecular complexity index is 1470. The first kappa shape index (κ1) is 32.5. The molecule has 42 heavy (non-hydrogen) atoms. The van der Waals surface area contributed by atoms with Crippen molar-refractivity contribution < 1.29 is 45.6 Å². The number of thioether (sulfide) groups is 1. The van der Waals surface area contributed by atoms with Crippen LogP contribution in [-0.4, -0.2) is 38.5 Å². The Morgan fingerprint density at radius 1 is 0.976 bits per heavy atom. The van der Waals surface area contributed by atoms with E-state index in [1.165, 1.54) is 6.92 Å². The highest BCUT2D eigenvalue weighted by Crippen LogP contribution is 2.38. The van der Waals surface area contributed by atoms with Crippen molar-refractivity contribution >= 4 is 29.2 Å². The van der Waals surface area contributed by atoms with Crippen LogP contribution in [0.1, 0.15) is 65.5 Å². The Hall–Kier alpha value is -4.01. The molecule has 3 rings (SSSR count). The van der Waals surface area contributed by atoms with Crippen LogP contribution >= 0.6 is 11.8 Å². The largest absolute Gasteiger partial charge is 0.461 e. The number of carbonyl (C=O) groups excluding carboxylic acids is 2. The Morgan fingerprint density at radius 2 is 1.55 bits per heavy atom. The van der Waals surface area contributed by atoms with Crippen LogP contribution in [0, 0.1) is 10.1 Å². The number of nitrogens with zero attached hydrogens (tertiary/aromatic N) is 3. The highest BCUT2D eigenvalue weighted by atomic mass is 32.2. The normalized spacial score (nSPS) is 14.1. The van der Waals surface area contributed by atoms with Gasteiger partial charge in [-0.15, -0.1) is 11.8 Å². The summed E-state index contributed by atoms with van der Waals surface area (Å²) in [6, 6.07) is 9.43. The molecular weight excluding hydrogens is 592 g/mol. The highest BCUT2D eigenvalue weighted by Gasteiger charge is 2.43. The predicted octanol–water partition coefficient (Wildman–Crippen LogP) is 7.24. The molecule has 0 N–H and O–H groups in total. The molecule has 3 unspecified atom stereocenters. The molecular formula is C27H23F6N3O5S. The number of hydrogen-bond acceptors (Lipinski definition) is 8. The topological polar surface area (TPSA) is 112 Å². The van der Waals surface area contributed by atoms with Gasteiger partial charge >= 0.3 is 18.3 Å². The molecule has 0 radical (unpaired) electrons. The molecule has 3 atom stereocenters. The lowest BCUT2D eigenvalue weighted by Gasteiger charge is -2.24. The second kappa shape index (κ2) is 12.9. The molecule has 0 amide bonds. The van der Waals surface area contributed by atoms with Crippen LogP contribution < -0.4 is 0 Å². The number of carbonyl (C=O) groups is 2. The average molecular weight is 616 g/mol. The predicted molar refractivity (Wildman–Crippen MR) is 139 cm³/mol. The summed E-state index contributed by atoms with van der Waals surface area (Å²) in [5.41, 5.74) is -4.92. The molecule has 0 aliphatic rings. The first-order chi connectivity index (χ1) is 19.6. The number of aromatic nitrogens is 2. The lowest BCUT2D eigenvalue weighted by molar-refractivity contribution is -0.386. The monoisotopic (exact) mass is 615 g/mol. The summed E-state index contributed by atoms with van der Waals surface area (Å²) in [4.78, 5) is 44.7. The maximum absolute atomic E-state index is 13.8. The van der Waals surface area contributed by atoms with Gasteiger partial charge < -0.3 is 4.74 Å². The number of ketones is 1. The number of rotatable bonds is 10. The van der Waals surface area contributed by atoms with Gasteiger partial charge in [0.05, 0.1) is 16.1 Å². The van der Waals surface area contributed by atoms with E-state index in [1.54, 1.807) is 44.2 Å². The first-order valence-corrected chi connectivity index (χ1v) is 13.3. The quantitative estimate of drug-likeness (QED) is 0.0447. The van der Waals surface area contributed by atoms with E-state index in [9.17, 15) is 46.0 Å². The van der Waals surface area contributed by atoms with Crippen molar-refractivity contribution in [2.24, 2.45) is 0 Å². The molecule has 0 saturated heterocycles. The van der Waals surface area contributed by atoms with Gasteiger partial charge in [-0.25, -0.2) is 0 Å². The summed E-state index contributed by atoms with van der Waals surface area (Å²) in [7, 11) is 0. The standard InChI is InChI=1S/C27H23F6N3O5S/c1-4-42-20-11-18(27(31,32)33)13-35-23(20)24(37)21(22-19(36(39)40)10-17(12-34-22)26(28,29)30)25(38)41-15(3)14(2)16-8-6-5-7-9-16/h5-15,21H,4H2,1-3H3. The number of nitro groups is 1. The Morgan fingerprint density at radius 3 is 2.10 bits per heavy atom. The average Bonchev–Trinajstić information content (AvgIpc) is 2.92. The summed E-state index contributed by atoms with van der Waals surface area (Å²) in [5, 5.41) is 11.8. The van der Waals surface area contributed by atoms with Crippen LogP contribution in [0.2, 0.25) is 0 Å². The third kappa shape index (κ3) is 7.43. The van der Waals surface area contributed by atoms with Crippen molar-refractivity contribution in [1.82, 2.24) is 9.97 Å². The minimum Gasteiger partial charge on any atom is -0.461 e. The first-order valence-electron chi connectivity index (χ1n) is 12.3. The molecule has 15 heteroatoms. The van der Waals surface area contributed by atoms with Crippen LogP contribution in [0.25, 0.3) is 0 Å². The number of alkyl halides is 6. The smallest absolute Gasteiger partial charge is 0.418 e. The zero-order valence-electron chi connectivity index (χ0n) is 22.2. The Labute approximate surface area is 239 Å². The molecule has 2 aromatic heterocycles. The van der Waals surface area contributed by atoms with Gasteiger partial charge in [-0.1, -0.05) is 44.2 Å². The van der Waals surface area contributed by atoms with Crippen LogP contribution in [0.15, 0.2) is 59.8 Å². The number of pyridine rings is 2. The van der Waals surface area contributed by atoms with Crippen LogP contribution in [0.3, 0.4) is 0 Å². The fourth-order valence-electron chi connectivity index (χ4n) is 3.90. The van der Waals surface area contributed by atoms with Gasteiger partial charge in [0.2, 0.25) is 5.78 Å². The zero-order chi connectivity index (χ0) is 31.4. The van der Waals surface area contributed by atoms with E-state index in [0.717, 1.165) is 17.3 Å². The molecule has 0 saturated carbocycles. The number of ether oxygens (including phenoxy) is 1. The third-order valence-corrected chi connectivity index (χ3v) is 7.15. The van der Waals surface area contributed by atoms with E-state index in [2.05, 4.69) is 9.97 Å². The molecule has 8 nitrogen and oxygen atoms in total. The highest BCUT2D eigenvalue weighted by molar-refractivity contribution is 7.99. The summed E-state index contributed by atoms with van der Waals surface area (Å²) in [5.74, 6) is -5.35. The third-order valence-electron chi connectivity index (χ3n) is 6.24. The lowest BCUT2D eigenvalue weighted by atomic mass is 9.93. The van der Waals surface area contributed by atoms with E-state index in [1.807, 2.05) is 0 Å². The second-order valence-electron chi connectivity index (χ2n) is 9.02. The van der Waals surface area contributed by atoms with Gasteiger partial charge in [0, 0.05) is 29.3 Å². The van der Waals surface area contributed by atoms with Crippen molar-refractivity contribution in [2.75, 3.05) is 5.75 Å². The van der Waals surface area contributed by atoms with Gasteiger partial charge in [0.15, 0.2) is 5.92 Å². The molecule has 2 heterocycles. The SMILES string of the molecule is CCSc1cc(C(F)(F)F)cnc1C(=O)C(C(=O)OC(C)C(C)c1ccccc1)c1ncc(C(F)(F)F)cc1[N+](=O)[O-]. The molecule has 3 aromatic rings. The molecule has 0 bridgehead atoms. The molecule has 0 aliphatic heterocycles. The van der Waals surface area contributed by atoms with E-state index in [4.69, 9.17) is 4.74 Å². The maximum Gasteiger partial charge on any atom is 0.418 e. The molecule has 0 aliphatic carbocycles. The molecule has 1 aromatic carbocycles. The van der Waals surface area contributed by atoms with E-state index < -0.39 is 75.2 Å². The number of halogens is 6. The summed E-state index contributed by atoms with van der Waals surface area (Å²) >= 11 is 0.779. The van der Waals surface area contributed by atoms with Crippen molar-refractivity contribution in [3.05, 3.63) is 93.1 Å². The molecule has 224 valence electrons. The van der Waals surface area contributed by atoms with Crippen molar-refractivity contribution in [1.29, 1.82) is 0 Å². The van der Waals surface area contributed by atoms with Gasteiger partial charge in [-0.3, -0.25) is 29.7 Å². The minimum absolute atomic E-state index is 0.119. The number of benzene rings is 1. The van der Waals surface area contributed by atoms with Gasteiger partial charge in [0.25, 0.3) is 5.69 Å². The summed E-state index contributed by atoms with van der Waals surface area (Å²) in [6.07, 6.45) is -10.3. The van der Waals surface area contributed by atoms with Crippen LogP contribution in [-0.2, 0) is 21.9 Å². The van der Waals surface area contributed by atoms with Crippen molar-refractivity contribution in [3.63, 3.8) is 0 Å². The van der Waals surface area contributed by atoms with Gasteiger partial charge in [0.1, 0.15) is 17.5 Å². The van der Waals surface area contributed by atoms with E-state index in [-0.39, 0.29) is 22.9 Å². The van der Waals surface area contributed by atoms with Gasteiger partial charge in [-0.2, -0.15) is 26.3 Å². The maximum atomic E-state index is 13.8. The second-order valence-corrected chi connectivity index (χ2v) is 10.3. The van der Waals surface area contributed by atoms with Crippen LogP contribution in [0.4, 0.5) is 32.0 Å². The molecule has 0 fully saturated rings. The van der Waals surface area contributed by atoms with Crippen LogP contribution in [0.5, 0.6) is 0 Å². The fourth-order valence-corrected chi connectivity index (χ4v) is 4.71. The zero-order valence-corrected chi connectivity index (χ0v) is 23.0. The lowest BCUT2D eigenvalue weighted by Crippen LogP contribution is -2.31. The van der Waals surface area contributed by atoms with Crippen molar-refractivity contribution in [2.45, 2.75) is 56.0 Å². The van der Waals surface area contributed by atoms with Crippen molar-refractivity contribution in [3.8, 4) is 0 Å². The number of esters is 1. The molecule has 0 spiro atoms. The summed E-state index contributed by atoms with van der Waals surface area (Å²) in [6.45, 7) is 4.73. The minimum atomic E-state index is -5.05. The van der Waals surface area contributed by atoms with E-state index >= 15 is 0 Å². The summed E-state index contributed by atoms with van der Waals surface area (Å²) < 4.78 is 85.4. The number of Topliss-reactive ketones (excluding diaryl/α,β-unsaturated/α-hetero) is 1. The Kier molecular flexibility index (Phi) is 9.97. The van der Waals surface area contributed by atoms with Gasteiger partial charge in [-0.05, 0) is 24.3 Å². The number of hydrogen-bond donors (Lipinski definition) is 0. The van der Waals surface area contributed by atoms with E-state index in [0.29, 0.717) is 12.3 Å². The fraction of sp³-hybridized carbons (Fsp3) is 0.333. The Balaban J connectivity index is 2.17.